The second kappa shape index (κ2) is 7.25. The highest BCUT2D eigenvalue weighted by molar-refractivity contribution is 5.80. The summed E-state index contributed by atoms with van der Waals surface area (Å²) >= 11 is 0. The first-order chi connectivity index (χ1) is 10.5. The highest BCUT2D eigenvalue weighted by Gasteiger charge is 2.39. The zero-order valence-electron chi connectivity index (χ0n) is 14.0. The maximum Gasteiger partial charge on any atom is 0.229 e. The van der Waals surface area contributed by atoms with Crippen LogP contribution in [0.2, 0.25) is 0 Å². The van der Waals surface area contributed by atoms with E-state index < -0.39 is 0 Å². The predicted molar refractivity (Wildman–Crippen MR) is 86.5 cm³/mol. The molecule has 0 spiro atoms. The summed E-state index contributed by atoms with van der Waals surface area (Å²) in [5, 5.41) is 0. The summed E-state index contributed by atoms with van der Waals surface area (Å²) in [6.45, 7) is 7.86. The van der Waals surface area contributed by atoms with Crippen LogP contribution in [-0.2, 0) is 20.8 Å². The molecule has 2 rings (SSSR count). The molecule has 1 aliphatic rings. The first kappa shape index (κ1) is 17.0. The van der Waals surface area contributed by atoms with E-state index in [4.69, 9.17) is 9.47 Å². The van der Waals surface area contributed by atoms with Crippen LogP contribution >= 0.6 is 0 Å². The second-order valence-electron chi connectivity index (χ2n) is 6.63. The van der Waals surface area contributed by atoms with E-state index in [0.29, 0.717) is 19.8 Å². The van der Waals surface area contributed by atoms with E-state index in [2.05, 4.69) is 26.0 Å². The standard InChI is InChI=1S/C18H27NO3/c1-14-16(10-11-22-14)17(20)19(18(2,3)13-21-4)12-15-8-6-5-7-9-15/h5-9,14,16H,10-13H2,1-4H3/t14-,16-/m0/s1. The summed E-state index contributed by atoms with van der Waals surface area (Å²) < 4.78 is 10.9. The summed E-state index contributed by atoms with van der Waals surface area (Å²) in [5.74, 6) is 0.107. The molecule has 1 aliphatic heterocycles. The lowest BCUT2D eigenvalue weighted by molar-refractivity contribution is -0.145. The van der Waals surface area contributed by atoms with Crippen molar-refractivity contribution in [2.24, 2.45) is 5.92 Å². The van der Waals surface area contributed by atoms with Crippen LogP contribution in [0.3, 0.4) is 0 Å². The molecule has 1 heterocycles. The van der Waals surface area contributed by atoms with E-state index in [-0.39, 0.29) is 23.5 Å². The molecule has 0 aliphatic carbocycles. The van der Waals surface area contributed by atoms with Gasteiger partial charge in [0.05, 0.1) is 24.2 Å². The normalized spacial score (nSPS) is 21.8. The Labute approximate surface area is 133 Å². The molecular formula is C18H27NO3. The zero-order chi connectivity index (χ0) is 16.2. The van der Waals surface area contributed by atoms with Gasteiger partial charge in [-0.05, 0) is 32.8 Å². The number of ether oxygens (including phenoxy) is 2. The van der Waals surface area contributed by atoms with Gasteiger partial charge >= 0.3 is 0 Å². The van der Waals surface area contributed by atoms with E-state index >= 15 is 0 Å². The van der Waals surface area contributed by atoms with Gasteiger partial charge in [-0.1, -0.05) is 30.3 Å². The Kier molecular flexibility index (Phi) is 5.59. The smallest absolute Gasteiger partial charge is 0.229 e. The Hall–Kier alpha value is -1.39. The van der Waals surface area contributed by atoms with Crippen LogP contribution in [0.4, 0.5) is 0 Å². The Morgan fingerprint density at radius 2 is 2.05 bits per heavy atom. The summed E-state index contributed by atoms with van der Waals surface area (Å²) in [6.07, 6.45) is 0.790. The number of hydrogen-bond donors (Lipinski definition) is 0. The van der Waals surface area contributed by atoms with Gasteiger partial charge in [-0.15, -0.1) is 0 Å². The Morgan fingerprint density at radius 1 is 1.36 bits per heavy atom. The van der Waals surface area contributed by atoms with E-state index in [1.807, 2.05) is 30.0 Å². The van der Waals surface area contributed by atoms with Crippen molar-refractivity contribution in [3.63, 3.8) is 0 Å². The number of nitrogens with zero attached hydrogens (tertiary/aromatic N) is 1. The van der Waals surface area contributed by atoms with Crippen LogP contribution in [0, 0.1) is 5.92 Å². The van der Waals surface area contributed by atoms with Crippen molar-refractivity contribution in [1.29, 1.82) is 0 Å². The molecule has 0 unspecified atom stereocenters. The van der Waals surface area contributed by atoms with Gasteiger partial charge in [0.25, 0.3) is 0 Å². The lowest BCUT2D eigenvalue weighted by atomic mass is 9.95. The fraction of sp³-hybridized carbons (Fsp3) is 0.611. The van der Waals surface area contributed by atoms with Crippen LogP contribution in [0.15, 0.2) is 30.3 Å². The molecule has 0 aromatic heterocycles. The number of rotatable bonds is 6. The van der Waals surface area contributed by atoms with Gasteiger partial charge in [0.2, 0.25) is 5.91 Å². The molecule has 0 N–H and O–H groups in total. The fourth-order valence-electron chi connectivity index (χ4n) is 3.04. The van der Waals surface area contributed by atoms with E-state index in [1.54, 1.807) is 7.11 Å². The van der Waals surface area contributed by atoms with Crippen molar-refractivity contribution < 1.29 is 14.3 Å². The molecule has 1 aromatic carbocycles. The molecule has 4 heteroatoms. The van der Waals surface area contributed by atoms with Crippen molar-refractivity contribution in [2.75, 3.05) is 20.3 Å². The first-order valence-corrected chi connectivity index (χ1v) is 7.91. The molecule has 1 saturated heterocycles. The molecule has 122 valence electrons. The van der Waals surface area contributed by atoms with E-state index in [0.717, 1.165) is 12.0 Å². The Morgan fingerprint density at radius 3 is 2.59 bits per heavy atom. The molecule has 1 fully saturated rings. The Balaban J connectivity index is 2.22. The van der Waals surface area contributed by atoms with E-state index in [9.17, 15) is 4.79 Å². The molecule has 1 aromatic rings. The third-order valence-electron chi connectivity index (χ3n) is 4.37. The minimum atomic E-state index is -0.357. The predicted octanol–water partition coefficient (Wildman–Crippen LogP) is 2.87. The summed E-state index contributed by atoms with van der Waals surface area (Å²) in [7, 11) is 1.67. The fourth-order valence-corrected chi connectivity index (χ4v) is 3.04. The van der Waals surface area contributed by atoms with E-state index in [1.165, 1.54) is 0 Å². The first-order valence-electron chi connectivity index (χ1n) is 7.91. The van der Waals surface area contributed by atoms with Crippen LogP contribution in [-0.4, -0.2) is 42.8 Å². The van der Waals surface area contributed by atoms with Gasteiger partial charge in [0.1, 0.15) is 0 Å². The van der Waals surface area contributed by atoms with Crippen molar-refractivity contribution >= 4 is 5.91 Å². The molecule has 22 heavy (non-hydrogen) atoms. The summed E-state index contributed by atoms with van der Waals surface area (Å²) in [4.78, 5) is 15.0. The van der Waals surface area contributed by atoms with Crippen LogP contribution in [0.1, 0.15) is 32.8 Å². The summed E-state index contributed by atoms with van der Waals surface area (Å²) in [6, 6.07) is 10.1. The molecule has 4 nitrogen and oxygen atoms in total. The zero-order valence-corrected chi connectivity index (χ0v) is 14.0. The molecule has 0 radical (unpaired) electrons. The van der Waals surface area contributed by atoms with Crippen LogP contribution in [0.5, 0.6) is 0 Å². The monoisotopic (exact) mass is 305 g/mol. The molecule has 0 saturated carbocycles. The molecular weight excluding hydrogens is 278 g/mol. The van der Waals surface area contributed by atoms with Crippen molar-refractivity contribution in [3.8, 4) is 0 Å². The van der Waals surface area contributed by atoms with Gasteiger partial charge < -0.3 is 14.4 Å². The van der Waals surface area contributed by atoms with Gasteiger partial charge in [-0.25, -0.2) is 0 Å². The maximum atomic E-state index is 13.1. The van der Waals surface area contributed by atoms with Crippen molar-refractivity contribution in [1.82, 2.24) is 4.90 Å². The van der Waals surface area contributed by atoms with Crippen molar-refractivity contribution in [2.45, 2.75) is 45.4 Å². The highest BCUT2D eigenvalue weighted by Crippen LogP contribution is 2.28. The third kappa shape index (κ3) is 3.87. The van der Waals surface area contributed by atoms with Gasteiger partial charge in [0.15, 0.2) is 0 Å². The van der Waals surface area contributed by atoms with Crippen molar-refractivity contribution in [3.05, 3.63) is 35.9 Å². The lowest BCUT2D eigenvalue weighted by Gasteiger charge is -2.40. The number of methoxy groups -OCH3 is 1. The second-order valence-corrected chi connectivity index (χ2v) is 6.63. The SMILES string of the molecule is COCC(C)(C)N(Cc1ccccc1)C(=O)[C@H]1CCO[C@H]1C. The number of hydrogen-bond acceptors (Lipinski definition) is 3. The minimum Gasteiger partial charge on any atom is -0.382 e. The largest absolute Gasteiger partial charge is 0.382 e. The molecule has 0 bridgehead atoms. The van der Waals surface area contributed by atoms with Gasteiger partial charge in [-0.3, -0.25) is 4.79 Å². The number of carbonyl (C=O) groups is 1. The highest BCUT2D eigenvalue weighted by atomic mass is 16.5. The summed E-state index contributed by atoms with van der Waals surface area (Å²) in [5.41, 5.74) is 0.774. The lowest BCUT2D eigenvalue weighted by Crippen LogP contribution is -2.52. The average molecular weight is 305 g/mol. The van der Waals surface area contributed by atoms with Crippen LogP contribution in [0.25, 0.3) is 0 Å². The van der Waals surface area contributed by atoms with Crippen LogP contribution < -0.4 is 0 Å². The van der Waals surface area contributed by atoms with Gasteiger partial charge in [0, 0.05) is 20.3 Å². The quantitative estimate of drug-likeness (QED) is 0.811. The number of amides is 1. The minimum absolute atomic E-state index is 0.0101. The molecule has 2 atom stereocenters. The topological polar surface area (TPSA) is 38.8 Å². The van der Waals surface area contributed by atoms with Gasteiger partial charge in [-0.2, -0.15) is 0 Å². The third-order valence-corrected chi connectivity index (χ3v) is 4.37. The molecule has 1 amide bonds. The average Bonchev–Trinajstić information content (AvgIpc) is 2.91. The Bertz CT molecular complexity index is 486. The number of benzene rings is 1. The maximum absolute atomic E-state index is 13.1. The number of carbonyl (C=O) groups excluding carboxylic acids is 1.